The number of anilines is 1. The molecule has 17 heavy (non-hydrogen) atoms. The first-order valence-corrected chi connectivity index (χ1v) is 6.47. The molecule has 1 N–H and O–H groups in total. The molecular weight excluding hydrogens is 234 g/mol. The van der Waals surface area contributed by atoms with Crippen LogP contribution in [0.5, 0.6) is 0 Å². The van der Waals surface area contributed by atoms with Gasteiger partial charge in [0.1, 0.15) is 0 Å². The molecule has 2 nitrogen and oxygen atoms in total. The Balaban J connectivity index is 2.59. The molecule has 0 bridgehead atoms. The molecule has 0 saturated heterocycles. The smallest absolute Gasteiger partial charge is 0.224 e. The number of carbonyl (C=O) groups is 1. The van der Waals surface area contributed by atoms with Crippen LogP contribution in [0, 0.1) is 12.8 Å². The number of carbonyl (C=O) groups excluding carboxylic acids is 1. The van der Waals surface area contributed by atoms with Crippen LogP contribution in [0.4, 0.5) is 5.69 Å². The predicted octanol–water partition coefficient (Wildman–Crippen LogP) is 4.41. The number of hydrogen-bond acceptors (Lipinski definition) is 1. The molecule has 0 saturated carbocycles. The second-order valence-corrected chi connectivity index (χ2v) is 4.97. The van der Waals surface area contributed by atoms with Gasteiger partial charge in [-0.1, -0.05) is 44.4 Å². The molecule has 1 aromatic carbocycles. The number of amides is 1. The number of benzene rings is 1. The summed E-state index contributed by atoms with van der Waals surface area (Å²) in [6.07, 6.45) is 2.77. The third kappa shape index (κ3) is 4.39. The summed E-state index contributed by atoms with van der Waals surface area (Å²) >= 11 is 6.00. The van der Waals surface area contributed by atoms with Gasteiger partial charge in [0.25, 0.3) is 0 Å². The summed E-state index contributed by atoms with van der Waals surface area (Å²) in [5, 5.41) is 3.60. The van der Waals surface area contributed by atoms with Gasteiger partial charge in [-0.3, -0.25) is 4.79 Å². The van der Waals surface area contributed by atoms with Crippen LogP contribution in [0.3, 0.4) is 0 Å². The van der Waals surface area contributed by atoms with Crippen LogP contribution in [0.1, 0.15) is 38.7 Å². The first-order chi connectivity index (χ1) is 8.04. The van der Waals surface area contributed by atoms with Crippen molar-refractivity contribution in [2.24, 2.45) is 5.92 Å². The maximum absolute atomic E-state index is 11.8. The number of nitrogens with one attached hydrogen (secondary N) is 1. The first-order valence-electron chi connectivity index (χ1n) is 6.09. The Labute approximate surface area is 108 Å². The van der Waals surface area contributed by atoms with Crippen molar-refractivity contribution >= 4 is 23.2 Å². The van der Waals surface area contributed by atoms with Gasteiger partial charge in [-0.25, -0.2) is 0 Å². The molecule has 0 aliphatic rings. The Hall–Kier alpha value is -1.02. The fourth-order valence-electron chi connectivity index (χ4n) is 1.86. The van der Waals surface area contributed by atoms with E-state index in [9.17, 15) is 4.79 Å². The van der Waals surface area contributed by atoms with Crippen molar-refractivity contribution in [2.45, 2.75) is 40.0 Å². The lowest BCUT2D eigenvalue weighted by molar-refractivity contribution is -0.117. The molecule has 1 unspecified atom stereocenters. The normalized spacial score (nSPS) is 12.2. The summed E-state index contributed by atoms with van der Waals surface area (Å²) in [6, 6.07) is 5.55. The molecule has 0 aliphatic heterocycles. The Morgan fingerprint density at radius 2 is 2.18 bits per heavy atom. The van der Waals surface area contributed by atoms with Crippen molar-refractivity contribution < 1.29 is 4.79 Å². The minimum Gasteiger partial charge on any atom is -0.326 e. The monoisotopic (exact) mass is 253 g/mol. The van der Waals surface area contributed by atoms with E-state index in [2.05, 4.69) is 19.2 Å². The predicted molar refractivity (Wildman–Crippen MR) is 73.5 cm³/mol. The zero-order chi connectivity index (χ0) is 12.8. The number of hydrogen-bond donors (Lipinski definition) is 1. The summed E-state index contributed by atoms with van der Waals surface area (Å²) < 4.78 is 0. The average molecular weight is 254 g/mol. The summed E-state index contributed by atoms with van der Waals surface area (Å²) in [4.78, 5) is 11.8. The van der Waals surface area contributed by atoms with E-state index in [4.69, 9.17) is 11.6 Å². The van der Waals surface area contributed by atoms with E-state index >= 15 is 0 Å². The Morgan fingerprint density at radius 1 is 1.47 bits per heavy atom. The van der Waals surface area contributed by atoms with Crippen LogP contribution < -0.4 is 5.32 Å². The third-order valence-electron chi connectivity index (χ3n) is 2.86. The molecule has 0 radical (unpaired) electrons. The summed E-state index contributed by atoms with van der Waals surface area (Å²) in [5.41, 5.74) is 1.73. The third-order valence-corrected chi connectivity index (χ3v) is 3.27. The zero-order valence-corrected chi connectivity index (χ0v) is 11.5. The van der Waals surface area contributed by atoms with E-state index in [0.29, 0.717) is 17.4 Å². The molecule has 0 heterocycles. The van der Waals surface area contributed by atoms with Gasteiger partial charge in [-0.15, -0.1) is 0 Å². The lowest BCUT2D eigenvalue weighted by atomic mass is 10.0. The second kappa shape index (κ2) is 6.65. The highest BCUT2D eigenvalue weighted by atomic mass is 35.5. The molecule has 3 heteroatoms. The maximum Gasteiger partial charge on any atom is 0.224 e. The fourth-order valence-corrected chi connectivity index (χ4v) is 2.03. The average Bonchev–Trinajstić information content (AvgIpc) is 2.25. The molecule has 0 aromatic heterocycles. The van der Waals surface area contributed by atoms with Crippen molar-refractivity contribution in [3.63, 3.8) is 0 Å². The van der Waals surface area contributed by atoms with Crippen molar-refractivity contribution in [1.29, 1.82) is 0 Å². The molecule has 1 aromatic rings. The summed E-state index contributed by atoms with van der Waals surface area (Å²) in [6.45, 7) is 6.15. The quantitative estimate of drug-likeness (QED) is 0.827. The van der Waals surface area contributed by atoms with Gasteiger partial charge in [-0.05, 0) is 30.5 Å². The zero-order valence-electron chi connectivity index (χ0n) is 10.7. The van der Waals surface area contributed by atoms with Crippen molar-refractivity contribution in [2.75, 3.05) is 5.32 Å². The standard InChI is InChI=1S/C14H20ClNO/c1-4-6-10(2)9-14(17)16-13-8-5-7-12(15)11(13)3/h5,7-8,10H,4,6,9H2,1-3H3,(H,16,17). The van der Waals surface area contributed by atoms with E-state index in [1.165, 1.54) is 0 Å². The van der Waals surface area contributed by atoms with Crippen LogP contribution in [0.15, 0.2) is 18.2 Å². The van der Waals surface area contributed by atoms with Gasteiger partial charge in [0, 0.05) is 17.1 Å². The van der Waals surface area contributed by atoms with Crippen LogP contribution in [-0.2, 0) is 4.79 Å². The molecule has 1 atom stereocenters. The van der Waals surface area contributed by atoms with Gasteiger partial charge >= 0.3 is 0 Å². The number of rotatable bonds is 5. The van der Waals surface area contributed by atoms with Crippen molar-refractivity contribution in [1.82, 2.24) is 0 Å². The van der Waals surface area contributed by atoms with Crippen molar-refractivity contribution in [3.8, 4) is 0 Å². The fraction of sp³-hybridized carbons (Fsp3) is 0.500. The molecule has 94 valence electrons. The minimum absolute atomic E-state index is 0.0660. The van der Waals surface area contributed by atoms with Crippen LogP contribution >= 0.6 is 11.6 Å². The largest absolute Gasteiger partial charge is 0.326 e. The van der Waals surface area contributed by atoms with E-state index < -0.39 is 0 Å². The lowest BCUT2D eigenvalue weighted by Crippen LogP contribution is -2.15. The van der Waals surface area contributed by atoms with Gasteiger partial charge in [0.05, 0.1) is 0 Å². The Bertz CT molecular complexity index is 390. The molecule has 0 aliphatic carbocycles. The lowest BCUT2D eigenvalue weighted by Gasteiger charge is -2.12. The van der Waals surface area contributed by atoms with E-state index in [1.807, 2.05) is 25.1 Å². The Morgan fingerprint density at radius 3 is 2.82 bits per heavy atom. The van der Waals surface area contributed by atoms with Gasteiger partial charge < -0.3 is 5.32 Å². The minimum atomic E-state index is 0.0660. The van der Waals surface area contributed by atoms with Gasteiger partial charge in [-0.2, -0.15) is 0 Å². The number of halogens is 1. The van der Waals surface area contributed by atoms with Crippen LogP contribution in [0.25, 0.3) is 0 Å². The maximum atomic E-state index is 11.8. The first kappa shape index (κ1) is 14.0. The second-order valence-electron chi connectivity index (χ2n) is 4.56. The highest BCUT2D eigenvalue weighted by Crippen LogP contribution is 2.23. The van der Waals surface area contributed by atoms with Crippen LogP contribution in [-0.4, -0.2) is 5.91 Å². The molecule has 0 fully saturated rings. The molecule has 1 rings (SSSR count). The molecule has 1 amide bonds. The summed E-state index contributed by atoms with van der Waals surface area (Å²) in [7, 11) is 0. The van der Waals surface area contributed by atoms with Crippen LogP contribution in [0.2, 0.25) is 5.02 Å². The van der Waals surface area contributed by atoms with E-state index in [0.717, 1.165) is 24.1 Å². The molecular formula is C14H20ClNO. The highest BCUT2D eigenvalue weighted by Gasteiger charge is 2.10. The SMILES string of the molecule is CCCC(C)CC(=O)Nc1cccc(Cl)c1C. The van der Waals surface area contributed by atoms with E-state index in [-0.39, 0.29) is 5.91 Å². The van der Waals surface area contributed by atoms with Gasteiger partial charge in [0.15, 0.2) is 0 Å². The Kier molecular flexibility index (Phi) is 5.49. The van der Waals surface area contributed by atoms with Crippen molar-refractivity contribution in [3.05, 3.63) is 28.8 Å². The highest BCUT2D eigenvalue weighted by molar-refractivity contribution is 6.31. The van der Waals surface area contributed by atoms with Gasteiger partial charge in [0.2, 0.25) is 5.91 Å². The molecule has 0 spiro atoms. The summed E-state index contributed by atoms with van der Waals surface area (Å²) in [5.74, 6) is 0.496. The topological polar surface area (TPSA) is 29.1 Å². The van der Waals surface area contributed by atoms with E-state index in [1.54, 1.807) is 0 Å².